The topological polar surface area (TPSA) is 66.0 Å². The van der Waals surface area contributed by atoms with E-state index in [-0.39, 0.29) is 5.03 Å². The van der Waals surface area contributed by atoms with Crippen molar-refractivity contribution >= 4 is 22.0 Å². The number of fused-ring (bicyclic) bond motifs is 1. The van der Waals surface area contributed by atoms with E-state index in [1.807, 2.05) is 6.07 Å². The summed E-state index contributed by atoms with van der Waals surface area (Å²) >= 11 is -1.99. The van der Waals surface area contributed by atoms with Gasteiger partial charge in [0.25, 0.3) is 0 Å². The lowest BCUT2D eigenvalue weighted by atomic mass is 10.3. The van der Waals surface area contributed by atoms with E-state index in [2.05, 4.69) is 10.2 Å². The number of nitrogens with zero attached hydrogens (tertiary/aromatic N) is 1. The predicted octanol–water partition coefficient (Wildman–Crippen LogP) is 1.14. The number of hydrogen-bond donors (Lipinski definition) is 2. The van der Waals surface area contributed by atoms with Gasteiger partial charge in [0.05, 0.1) is 5.52 Å². The largest absolute Gasteiger partial charge is 0.301 e. The number of H-pyrrole nitrogens is 1. The molecular formula is C7H6N2O2S. The number of benzene rings is 1. The first-order chi connectivity index (χ1) is 5.79. The predicted molar refractivity (Wildman–Crippen MR) is 45.1 cm³/mol. The molecular weight excluding hydrogens is 176 g/mol. The van der Waals surface area contributed by atoms with Crippen LogP contribution in [0.3, 0.4) is 0 Å². The van der Waals surface area contributed by atoms with Crippen molar-refractivity contribution in [1.82, 2.24) is 10.2 Å². The van der Waals surface area contributed by atoms with Crippen LogP contribution in [0.1, 0.15) is 0 Å². The molecule has 0 aliphatic carbocycles. The second kappa shape index (κ2) is 2.69. The van der Waals surface area contributed by atoms with Crippen LogP contribution in [0, 0.1) is 0 Å². The van der Waals surface area contributed by atoms with Crippen LogP contribution >= 0.6 is 0 Å². The monoisotopic (exact) mass is 182 g/mol. The van der Waals surface area contributed by atoms with Crippen molar-refractivity contribution in [3.05, 3.63) is 24.3 Å². The Kier molecular flexibility index (Phi) is 1.67. The Morgan fingerprint density at radius 3 is 2.92 bits per heavy atom. The minimum atomic E-state index is -1.99. The second-order valence-electron chi connectivity index (χ2n) is 2.32. The number of para-hydroxylation sites is 1. The van der Waals surface area contributed by atoms with Gasteiger partial charge in [-0.25, -0.2) is 4.21 Å². The first kappa shape index (κ1) is 7.45. The lowest BCUT2D eigenvalue weighted by Gasteiger charge is -1.88. The van der Waals surface area contributed by atoms with Gasteiger partial charge in [-0.15, -0.1) is 0 Å². The number of aromatic amines is 1. The van der Waals surface area contributed by atoms with Gasteiger partial charge < -0.3 is 4.55 Å². The fourth-order valence-corrected chi connectivity index (χ4v) is 1.55. The molecule has 0 bridgehead atoms. The average Bonchev–Trinajstić information content (AvgIpc) is 2.47. The summed E-state index contributed by atoms with van der Waals surface area (Å²) in [5, 5.41) is 7.32. The molecule has 0 aliphatic rings. The van der Waals surface area contributed by atoms with Crippen LogP contribution < -0.4 is 0 Å². The first-order valence-corrected chi connectivity index (χ1v) is 4.43. The summed E-state index contributed by atoms with van der Waals surface area (Å²) in [6.07, 6.45) is 0. The van der Waals surface area contributed by atoms with Gasteiger partial charge in [-0.3, -0.25) is 5.10 Å². The molecule has 0 saturated carbocycles. The van der Waals surface area contributed by atoms with Crippen molar-refractivity contribution in [2.45, 2.75) is 5.03 Å². The third-order valence-corrected chi connectivity index (χ3v) is 2.26. The van der Waals surface area contributed by atoms with Gasteiger partial charge in [0.15, 0.2) is 5.03 Å². The molecule has 4 nitrogen and oxygen atoms in total. The van der Waals surface area contributed by atoms with Crippen molar-refractivity contribution in [2.75, 3.05) is 0 Å². The van der Waals surface area contributed by atoms with Crippen LogP contribution in [-0.4, -0.2) is 19.0 Å². The Morgan fingerprint density at radius 1 is 1.42 bits per heavy atom. The SMILES string of the molecule is O=S(O)c1[nH]nc2ccccc12. The van der Waals surface area contributed by atoms with Crippen molar-refractivity contribution in [2.24, 2.45) is 0 Å². The summed E-state index contributed by atoms with van der Waals surface area (Å²) in [5.74, 6) is 0. The first-order valence-electron chi connectivity index (χ1n) is 3.33. The number of aromatic nitrogens is 2. The summed E-state index contributed by atoms with van der Waals surface area (Å²) < 4.78 is 19.5. The number of nitrogens with one attached hydrogen (secondary N) is 1. The molecule has 1 aromatic heterocycles. The zero-order valence-electron chi connectivity index (χ0n) is 6.02. The minimum absolute atomic E-state index is 0.255. The van der Waals surface area contributed by atoms with Gasteiger partial charge in [0.1, 0.15) is 0 Å². The lowest BCUT2D eigenvalue weighted by Crippen LogP contribution is -1.88. The van der Waals surface area contributed by atoms with E-state index < -0.39 is 11.1 Å². The molecule has 5 heteroatoms. The van der Waals surface area contributed by atoms with Gasteiger partial charge in [0, 0.05) is 5.39 Å². The molecule has 0 aliphatic heterocycles. The molecule has 1 unspecified atom stereocenters. The number of hydrogen-bond acceptors (Lipinski definition) is 2. The maximum atomic E-state index is 10.7. The average molecular weight is 182 g/mol. The van der Waals surface area contributed by atoms with Gasteiger partial charge in [-0.1, -0.05) is 12.1 Å². The van der Waals surface area contributed by atoms with Gasteiger partial charge in [-0.05, 0) is 12.1 Å². The van der Waals surface area contributed by atoms with Crippen LogP contribution in [-0.2, 0) is 11.1 Å². The van der Waals surface area contributed by atoms with E-state index >= 15 is 0 Å². The quantitative estimate of drug-likeness (QED) is 0.650. The number of rotatable bonds is 1. The summed E-state index contributed by atoms with van der Waals surface area (Å²) in [7, 11) is 0. The highest BCUT2D eigenvalue weighted by molar-refractivity contribution is 7.79. The molecule has 62 valence electrons. The molecule has 0 radical (unpaired) electrons. The maximum absolute atomic E-state index is 10.7. The van der Waals surface area contributed by atoms with Crippen LogP contribution in [0.25, 0.3) is 10.9 Å². The van der Waals surface area contributed by atoms with Crippen molar-refractivity contribution in [3.8, 4) is 0 Å². The molecule has 12 heavy (non-hydrogen) atoms. The summed E-state index contributed by atoms with van der Waals surface area (Å²) in [5.41, 5.74) is 0.704. The van der Waals surface area contributed by atoms with E-state index in [1.54, 1.807) is 18.2 Å². The van der Waals surface area contributed by atoms with Crippen molar-refractivity contribution < 1.29 is 8.76 Å². The minimum Gasteiger partial charge on any atom is -0.301 e. The Labute approximate surface area is 70.9 Å². The van der Waals surface area contributed by atoms with Gasteiger partial charge >= 0.3 is 0 Å². The zero-order valence-corrected chi connectivity index (χ0v) is 6.84. The Morgan fingerprint density at radius 2 is 2.17 bits per heavy atom. The highest BCUT2D eigenvalue weighted by Gasteiger charge is 2.07. The van der Waals surface area contributed by atoms with Crippen molar-refractivity contribution in [3.63, 3.8) is 0 Å². The Balaban J connectivity index is 2.79. The van der Waals surface area contributed by atoms with E-state index in [0.717, 1.165) is 0 Å². The molecule has 1 atom stereocenters. The third-order valence-electron chi connectivity index (χ3n) is 1.60. The molecule has 0 amide bonds. The van der Waals surface area contributed by atoms with Crippen LogP contribution in [0.15, 0.2) is 29.3 Å². The van der Waals surface area contributed by atoms with E-state index in [0.29, 0.717) is 10.9 Å². The molecule has 1 heterocycles. The second-order valence-corrected chi connectivity index (χ2v) is 3.23. The molecule has 1 aromatic carbocycles. The van der Waals surface area contributed by atoms with Gasteiger partial charge in [-0.2, -0.15) is 5.10 Å². The van der Waals surface area contributed by atoms with E-state index in [4.69, 9.17) is 4.55 Å². The van der Waals surface area contributed by atoms with Crippen LogP contribution in [0.5, 0.6) is 0 Å². The fraction of sp³-hybridized carbons (Fsp3) is 0. The van der Waals surface area contributed by atoms with Crippen LogP contribution in [0.4, 0.5) is 0 Å². The van der Waals surface area contributed by atoms with Crippen molar-refractivity contribution in [1.29, 1.82) is 0 Å². The molecule has 2 aromatic rings. The smallest absolute Gasteiger partial charge is 0.205 e. The normalized spacial score (nSPS) is 13.4. The highest BCUT2D eigenvalue weighted by atomic mass is 32.2. The molecule has 2 N–H and O–H groups in total. The maximum Gasteiger partial charge on any atom is 0.205 e. The zero-order chi connectivity index (χ0) is 8.55. The summed E-state index contributed by atoms with van der Waals surface area (Å²) in [6.45, 7) is 0. The highest BCUT2D eigenvalue weighted by Crippen LogP contribution is 2.16. The molecule has 0 saturated heterocycles. The molecule has 0 fully saturated rings. The summed E-state index contributed by atoms with van der Waals surface area (Å²) in [6, 6.07) is 7.16. The molecule has 2 rings (SSSR count). The standard InChI is InChI=1S/C7H6N2O2S/c10-12(11)7-5-3-1-2-4-6(5)8-9-7/h1-4H,(H,8,9)(H,10,11). The third kappa shape index (κ3) is 1.03. The van der Waals surface area contributed by atoms with E-state index in [9.17, 15) is 4.21 Å². The van der Waals surface area contributed by atoms with E-state index in [1.165, 1.54) is 0 Å². The summed E-state index contributed by atoms with van der Waals surface area (Å²) in [4.78, 5) is 0. The molecule has 0 spiro atoms. The van der Waals surface area contributed by atoms with Crippen LogP contribution in [0.2, 0.25) is 0 Å². The van der Waals surface area contributed by atoms with Gasteiger partial charge in [0.2, 0.25) is 11.1 Å². The Bertz CT molecular complexity index is 438. The Hall–Kier alpha value is -1.20. The lowest BCUT2D eigenvalue weighted by molar-refractivity contribution is 0.561. The fourth-order valence-electron chi connectivity index (χ4n) is 1.07.